The molecule has 1 aromatic carbocycles. The van der Waals surface area contributed by atoms with Crippen molar-refractivity contribution in [3.05, 3.63) is 28.2 Å². The van der Waals surface area contributed by atoms with Crippen LogP contribution in [-0.2, 0) is 0 Å². The molecule has 19 heavy (non-hydrogen) atoms. The number of hydrogen-bond acceptors (Lipinski definition) is 3. The van der Waals surface area contributed by atoms with Gasteiger partial charge in [-0.05, 0) is 59.8 Å². The second-order valence-electron chi connectivity index (χ2n) is 5.46. The molecule has 4 heteroatoms. The van der Waals surface area contributed by atoms with E-state index >= 15 is 0 Å². The number of ether oxygens (including phenoxy) is 1. The van der Waals surface area contributed by atoms with Gasteiger partial charge in [-0.15, -0.1) is 0 Å². The molecule has 1 unspecified atom stereocenters. The summed E-state index contributed by atoms with van der Waals surface area (Å²) in [7, 11) is 0. The number of nitriles is 1. The molecule has 0 spiro atoms. The highest BCUT2D eigenvalue weighted by Crippen LogP contribution is 2.30. The molecule has 0 aliphatic carbocycles. The topological polar surface area (TPSA) is 45.0 Å². The number of fused-ring (bicyclic) bond motifs is 2. The van der Waals surface area contributed by atoms with Crippen molar-refractivity contribution < 1.29 is 4.74 Å². The summed E-state index contributed by atoms with van der Waals surface area (Å²) in [4.78, 5) is 0. The third-order valence-corrected chi connectivity index (χ3v) is 4.72. The van der Waals surface area contributed by atoms with Gasteiger partial charge in [-0.3, -0.25) is 0 Å². The van der Waals surface area contributed by atoms with Gasteiger partial charge in [0.1, 0.15) is 17.9 Å². The SMILES string of the molecule is N#Cc1cc(OC2C[C@H]3CCC[C@@H](C2)N3)ccc1Br. The van der Waals surface area contributed by atoms with Gasteiger partial charge in [-0.2, -0.15) is 5.26 Å². The van der Waals surface area contributed by atoms with Crippen molar-refractivity contribution in [1.29, 1.82) is 5.26 Å². The van der Waals surface area contributed by atoms with Gasteiger partial charge >= 0.3 is 0 Å². The number of hydrogen-bond donors (Lipinski definition) is 1. The van der Waals surface area contributed by atoms with E-state index in [0.717, 1.165) is 23.1 Å². The van der Waals surface area contributed by atoms with Crippen LogP contribution in [0.3, 0.4) is 0 Å². The lowest BCUT2D eigenvalue weighted by atomic mass is 9.85. The normalized spacial score (nSPS) is 29.6. The Balaban J connectivity index is 1.70. The Morgan fingerprint density at radius 2 is 2.00 bits per heavy atom. The van der Waals surface area contributed by atoms with Crippen LogP contribution in [0.2, 0.25) is 0 Å². The van der Waals surface area contributed by atoms with E-state index < -0.39 is 0 Å². The van der Waals surface area contributed by atoms with E-state index in [1.54, 1.807) is 0 Å². The average molecular weight is 321 g/mol. The largest absolute Gasteiger partial charge is 0.490 e. The van der Waals surface area contributed by atoms with Crippen LogP contribution in [0.4, 0.5) is 0 Å². The van der Waals surface area contributed by atoms with Gasteiger partial charge in [0.2, 0.25) is 0 Å². The van der Waals surface area contributed by atoms with Crippen molar-refractivity contribution in [3.8, 4) is 11.8 Å². The molecule has 3 rings (SSSR count). The van der Waals surface area contributed by atoms with Gasteiger partial charge in [0, 0.05) is 16.6 Å². The van der Waals surface area contributed by atoms with E-state index in [4.69, 9.17) is 10.00 Å². The lowest BCUT2D eigenvalue weighted by Crippen LogP contribution is -2.51. The Morgan fingerprint density at radius 1 is 1.26 bits per heavy atom. The molecule has 0 saturated carbocycles. The molecule has 3 atom stereocenters. The zero-order valence-electron chi connectivity index (χ0n) is 10.7. The standard InChI is InChI=1S/C15H17BrN2O/c16-15-5-4-13(6-10(15)9-17)19-14-7-11-2-1-3-12(8-14)18-11/h4-6,11-12,14,18H,1-3,7-8H2/t11-,12+,14?. The summed E-state index contributed by atoms with van der Waals surface area (Å²) in [6.07, 6.45) is 6.30. The summed E-state index contributed by atoms with van der Waals surface area (Å²) >= 11 is 3.37. The quantitative estimate of drug-likeness (QED) is 0.908. The van der Waals surface area contributed by atoms with Crippen LogP contribution < -0.4 is 10.1 Å². The molecule has 100 valence electrons. The van der Waals surface area contributed by atoms with Crippen molar-refractivity contribution in [1.82, 2.24) is 5.32 Å². The predicted molar refractivity (Wildman–Crippen MR) is 77.1 cm³/mol. The number of piperidine rings is 2. The molecule has 2 aliphatic rings. The maximum absolute atomic E-state index is 9.03. The van der Waals surface area contributed by atoms with Gasteiger partial charge in [-0.1, -0.05) is 6.42 Å². The second-order valence-corrected chi connectivity index (χ2v) is 6.31. The minimum Gasteiger partial charge on any atom is -0.490 e. The third-order valence-electron chi connectivity index (χ3n) is 4.03. The van der Waals surface area contributed by atoms with Crippen molar-refractivity contribution in [3.63, 3.8) is 0 Å². The first-order valence-electron chi connectivity index (χ1n) is 6.87. The first-order valence-corrected chi connectivity index (χ1v) is 7.66. The molecular weight excluding hydrogens is 304 g/mol. The fraction of sp³-hybridized carbons (Fsp3) is 0.533. The second kappa shape index (κ2) is 5.52. The van der Waals surface area contributed by atoms with E-state index in [2.05, 4.69) is 27.3 Å². The van der Waals surface area contributed by atoms with Gasteiger partial charge in [0.15, 0.2) is 0 Å². The molecule has 3 nitrogen and oxygen atoms in total. The Hall–Kier alpha value is -1.05. The summed E-state index contributed by atoms with van der Waals surface area (Å²) in [5.74, 6) is 0.810. The van der Waals surface area contributed by atoms with Crippen molar-refractivity contribution in [2.24, 2.45) is 0 Å². The Kier molecular flexibility index (Phi) is 3.76. The Morgan fingerprint density at radius 3 is 2.68 bits per heavy atom. The molecule has 2 bridgehead atoms. The lowest BCUT2D eigenvalue weighted by Gasteiger charge is -2.40. The third kappa shape index (κ3) is 2.93. The zero-order valence-corrected chi connectivity index (χ0v) is 12.3. The van der Waals surface area contributed by atoms with Crippen LogP contribution in [0.15, 0.2) is 22.7 Å². The van der Waals surface area contributed by atoms with E-state index in [1.165, 1.54) is 19.3 Å². The molecule has 0 radical (unpaired) electrons. The highest BCUT2D eigenvalue weighted by atomic mass is 79.9. The van der Waals surface area contributed by atoms with Crippen molar-refractivity contribution in [2.45, 2.75) is 50.3 Å². The van der Waals surface area contributed by atoms with E-state index in [9.17, 15) is 0 Å². The summed E-state index contributed by atoms with van der Waals surface area (Å²) < 4.78 is 6.90. The molecule has 2 aliphatic heterocycles. The fourth-order valence-corrected chi connectivity index (χ4v) is 3.50. The Bertz CT molecular complexity index is 499. The first-order chi connectivity index (χ1) is 9.24. The van der Waals surface area contributed by atoms with Crippen LogP contribution in [0.1, 0.15) is 37.7 Å². The van der Waals surface area contributed by atoms with Crippen LogP contribution in [0.5, 0.6) is 5.75 Å². The van der Waals surface area contributed by atoms with E-state index in [1.807, 2.05) is 18.2 Å². The van der Waals surface area contributed by atoms with Crippen molar-refractivity contribution in [2.75, 3.05) is 0 Å². The van der Waals surface area contributed by atoms with E-state index in [0.29, 0.717) is 17.6 Å². The minimum absolute atomic E-state index is 0.282. The van der Waals surface area contributed by atoms with Crippen LogP contribution in [0, 0.1) is 11.3 Å². The highest BCUT2D eigenvalue weighted by Gasteiger charge is 2.32. The summed E-state index contributed by atoms with van der Waals surface area (Å²) in [5.41, 5.74) is 0.631. The molecule has 2 heterocycles. The number of nitrogens with one attached hydrogen (secondary N) is 1. The predicted octanol–water partition coefficient (Wildman–Crippen LogP) is 3.37. The molecule has 1 N–H and O–H groups in total. The van der Waals surface area contributed by atoms with Gasteiger partial charge < -0.3 is 10.1 Å². The maximum atomic E-state index is 9.03. The van der Waals surface area contributed by atoms with Gasteiger partial charge in [0.25, 0.3) is 0 Å². The van der Waals surface area contributed by atoms with Crippen molar-refractivity contribution >= 4 is 15.9 Å². The van der Waals surface area contributed by atoms with Crippen LogP contribution >= 0.6 is 15.9 Å². The summed E-state index contributed by atoms with van der Waals surface area (Å²) in [6, 6.07) is 9.04. The lowest BCUT2D eigenvalue weighted by molar-refractivity contribution is 0.0927. The van der Waals surface area contributed by atoms with Gasteiger partial charge in [-0.25, -0.2) is 0 Å². The highest BCUT2D eigenvalue weighted by molar-refractivity contribution is 9.10. The molecule has 2 fully saturated rings. The molecule has 1 aromatic rings. The molecular formula is C15H17BrN2O. The van der Waals surface area contributed by atoms with Crippen LogP contribution in [-0.4, -0.2) is 18.2 Å². The maximum Gasteiger partial charge on any atom is 0.121 e. The summed E-state index contributed by atoms with van der Waals surface area (Å²) in [5, 5.41) is 12.7. The average Bonchev–Trinajstić information content (AvgIpc) is 2.40. The molecule has 2 saturated heterocycles. The zero-order chi connectivity index (χ0) is 13.2. The molecule has 0 amide bonds. The Labute approximate surface area is 122 Å². The van der Waals surface area contributed by atoms with Gasteiger partial charge in [0.05, 0.1) is 5.56 Å². The summed E-state index contributed by atoms with van der Waals surface area (Å²) in [6.45, 7) is 0. The number of benzene rings is 1. The molecule has 0 aromatic heterocycles. The number of halogens is 1. The first kappa shape index (κ1) is 13.0. The number of rotatable bonds is 2. The number of nitrogens with zero attached hydrogens (tertiary/aromatic N) is 1. The monoisotopic (exact) mass is 320 g/mol. The van der Waals surface area contributed by atoms with Crippen LogP contribution in [0.25, 0.3) is 0 Å². The smallest absolute Gasteiger partial charge is 0.121 e. The fourth-order valence-electron chi connectivity index (χ4n) is 3.17. The minimum atomic E-state index is 0.282. The van der Waals surface area contributed by atoms with E-state index in [-0.39, 0.29) is 6.10 Å².